The third-order valence-electron chi connectivity index (χ3n) is 4.58. The van der Waals surface area contributed by atoms with Crippen LogP contribution >= 0.6 is 11.6 Å². The summed E-state index contributed by atoms with van der Waals surface area (Å²) >= 11 is 6.14. The third-order valence-corrected chi connectivity index (χ3v) is 4.91. The van der Waals surface area contributed by atoms with E-state index >= 15 is 0 Å². The quantitative estimate of drug-likeness (QED) is 0.606. The van der Waals surface area contributed by atoms with Crippen molar-refractivity contribution < 1.29 is 9.59 Å². The zero-order valence-electron chi connectivity index (χ0n) is 16.0. The maximum absolute atomic E-state index is 12.7. The predicted octanol–water partition coefficient (Wildman–Crippen LogP) is 4.47. The van der Waals surface area contributed by atoms with Gasteiger partial charge in [0.05, 0.1) is 29.1 Å². The number of rotatable bonds is 7. The SMILES string of the molecule is CC(NC(=O)CC(NC(=O)c1ccccc1Cl)c1ccccc1)c1cccnc1. The number of pyridine rings is 1. The average molecular weight is 408 g/mol. The van der Waals surface area contributed by atoms with Gasteiger partial charge in [-0.15, -0.1) is 0 Å². The Labute approximate surface area is 175 Å². The molecule has 0 radical (unpaired) electrons. The minimum Gasteiger partial charge on any atom is -0.349 e. The van der Waals surface area contributed by atoms with Crippen LogP contribution in [0, 0.1) is 0 Å². The first-order valence-electron chi connectivity index (χ1n) is 9.34. The zero-order chi connectivity index (χ0) is 20.6. The summed E-state index contributed by atoms with van der Waals surface area (Å²) in [6.45, 7) is 1.90. The van der Waals surface area contributed by atoms with Crippen molar-refractivity contribution in [1.82, 2.24) is 15.6 Å². The van der Waals surface area contributed by atoms with Crippen LogP contribution in [-0.4, -0.2) is 16.8 Å². The van der Waals surface area contributed by atoms with Gasteiger partial charge in [-0.1, -0.05) is 60.1 Å². The summed E-state index contributed by atoms with van der Waals surface area (Å²) in [5, 5.41) is 6.27. The molecule has 2 unspecified atom stereocenters. The molecule has 0 aliphatic carbocycles. The molecule has 0 bridgehead atoms. The topological polar surface area (TPSA) is 71.1 Å². The van der Waals surface area contributed by atoms with Crippen LogP contribution in [-0.2, 0) is 4.79 Å². The lowest BCUT2D eigenvalue weighted by atomic mass is 10.0. The molecule has 0 saturated carbocycles. The second-order valence-corrected chi connectivity index (χ2v) is 7.10. The normalized spacial score (nSPS) is 12.6. The zero-order valence-corrected chi connectivity index (χ0v) is 16.8. The summed E-state index contributed by atoms with van der Waals surface area (Å²) in [5.41, 5.74) is 2.13. The minimum absolute atomic E-state index is 0.102. The molecule has 1 heterocycles. The molecule has 1 aromatic heterocycles. The summed E-state index contributed by atoms with van der Waals surface area (Å²) in [6.07, 6.45) is 3.51. The maximum Gasteiger partial charge on any atom is 0.253 e. The Kier molecular flexibility index (Phi) is 6.98. The van der Waals surface area contributed by atoms with Crippen LogP contribution in [0.1, 0.15) is 46.9 Å². The second-order valence-electron chi connectivity index (χ2n) is 6.70. The number of benzene rings is 2. The second kappa shape index (κ2) is 9.85. The van der Waals surface area contributed by atoms with Crippen molar-refractivity contribution >= 4 is 23.4 Å². The summed E-state index contributed by atoms with van der Waals surface area (Å²) in [6, 6.07) is 19.3. The molecule has 3 rings (SSSR count). The van der Waals surface area contributed by atoms with Crippen molar-refractivity contribution in [3.63, 3.8) is 0 Å². The first kappa shape index (κ1) is 20.6. The molecular weight excluding hydrogens is 386 g/mol. The molecule has 29 heavy (non-hydrogen) atoms. The first-order valence-corrected chi connectivity index (χ1v) is 9.72. The Morgan fingerprint density at radius 1 is 0.931 bits per heavy atom. The molecule has 148 valence electrons. The number of amides is 2. The lowest BCUT2D eigenvalue weighted by molar-refractivity contribution is -0.122. The Hall–Kier alpha value is -3.18. The van der Waals surface area contributed by atoms with Gasteiger partial charge in [0.25, 0.3) is 5.91 Å². The van der Waals surface area contributed by atoms with E-state index in [-0.39, 0.29) is 24.3 Å². The highest BCUT2D eigenvalue weighted by molar-refractivity contribution is 6.33. The standard InChI is InChI=1S/C23H22ClN3O2/c1-16(18-10-7-13-25-15-18)26-22(28)14-21(17-8-3-2-4-9-17)27-23(29)19-11-5-6-12-20(19)24/h2-13,15-16,21H,14H2,1H3,(H,26,28)(H,27,29). The van der Waals surface area contributed by atoms with Crippen LogP contribution in [0.5, 0.6) is 0 Å². The average Bonchev–Trinajstić information content (AvgIpc) is 2.74. The fourth-order valence-electron chi connectivity index (χ4n) is 3.02. The molecule has 0 aliphatic heterocycles. The number of nitrogens with zero attached hydrogens (tertiary/aromatic N) is 1. The Morgan fingerprint density at radius 2 is 1.62 bits per heavy atom. The molecule has 2 amide bonds. The van der Waals surface area contributed by atoms with Gasteiger partial charge in [0, 0.05) is 12.4 Å². The van der Waals surface area contributed by atoms with Gasteiger partial charge in [-0.2, -0.15) is 0 Å². The van der Waals surface area contributed by atoms with E-state index in [0.29, 0.717) is 10.6 Å². The van der Waals surface area contributed by atoms with E-state index in [0.717, 1.165) is 11.1 Å². The van der Waals surface area contributed by atoms with E-state index < -0.39 is 6.04 Å². The number of carbonyl (C=O) groups excluding carboxylic acids is 2. The summed E-state index contributed by atoms with van der Waals surface area (Å²) in [7, 11) is 0. The predicted molar refractivity (Wildman–Crippen MR) is 114 cm³/mol. The molecule has 0 spiro atoms. The molecule has 6 heteroatoms. The Morgan fingerprint density at radius 3 is 2.31 bits per heavy atom. The summed E-state index contributed by atoms with van der Waals surface area (Å²) in [4.78, 5) is 29.5. The fraction of sp³-hybridized carbons (Fsp3) is 0.174. The van der Waals surface area contributed by atoms with Crippen molar-refractivity contribution in [2.45, 2.75) is 25.4 Å². The molecule has 0 aliphatic rings. The number of carbonyl (C=O) groups is 2. The van der Waals surface area contributed by atoms with Crippen molar-refractivity contribution in [1.29, 1.82) is 0 Å². The van der Waals surface area contributed by atoms with Crippen LogP contribution < -0.4 is 10.6 Å². The largest absolute Gasteiger partial charge is 0.349 e. The lowest BCUT2D eigenvalue weighted by Gasteiger charge is -2.21. The molecule has 2 aromatic carbocycles. The highest BCUT2D eigenvalue weighted by Gasteiger charge is 2.21. The minimum atomic E-state index is -0.485. The van der Waals surface area contributed by atoms with E-state index in [1.807, 2.05) is 49.4 Å². The van der Waals surface area contributed by atoms with E-state index in [2.05, 4.69) is 15.6 Å². The maximum atomic E-state index is 12.7. The van der Waals surface area contributed by atoms with Gasteiger partial charge >= 0.3 is 0 Å². The van der Waals surface area contributed by atoms with E-state index in [1.165, 1.54) is 0 Å². The van der Waals surface area contributed by atoms with Crippen molar-refractivity contribution in [2.75, 3.05) is 0 Å². The number of hydrogen-bond acceptors (Lipinski definition) is 3. The van der Waals surface area contributed by atoms with Gasteiger partial charge in [0.2, 0.25) is 5.91 Å². The Balaban J connectivity index is 1.73. The highest BCUT2D eigenvalue weighted by atomic mass is 35.5. The van der Waals surface area contributed by atoms with Crippen molar-refractivity contribution in [2.24, 2.45) is 0 Å². The molecule has 5 nitrogen and oxygen atoms in total. The fourth-order valence-corrected chi connectivity index (χ4v) is 3.24. The molecule has 3 aromatic rings. The van der Waals surface area contributed by atoms with Crippen molar-refractivity contribution in [3.05, 3.63) is 101 Å². The van der Waals surface area contributed by atoms with Gasteiger partial charge < -0.3 is 10.6 Å². The van der Waals surface area contributed by atoms with Gasteiger partial charge in [-0.3, -0.25) is 14.6 Å². The number of hydrogen-bond donors (Lipinski definition) is 2. The molecule has 0 saturated heterocycles. The third kappa shape index (κ3) is 5.65. The molecular formula is C23H22ClN3O2. The van der Waals surface area contributed by atoms with E-state index in [9.17, 15) is 9.59 Å². The van der Waals surface area contributed by atoms with Crippen molar-refractivity contribution in [3.8, 4) is 0 Å². The smallest absolute Gasteiger partial charge is 0.253 e. The molecule has 2 N–H and O–H groups in total. The summed E-state index contributed by atoms with van der Waals surface area (Å²) in [5.74, 6) is -0.493. The van der Waals surface area contributed by atoms with Crippen LogP contribution in [0.2, 0.25) is 5.02 Å². The van der Waals surface area contributed by atoms with Crippen LogP contribution in [0.4, 0.5) is 0 Å². The molecule has 2 atom stereocenters. The highest BCUT2D eigenvalue weighted by Crippen LogP contribution is 2.21. The molecule has 0 fully saturated rings. The number of aromatic nitrogens is 1. The van der Waals surface area contributed by atoms with E-state index in [1.54, 1.807) is 36.7 Å². The number of nitrogens with one attached hydrogen (secondary N) is 2. The van der Waals surface area contributed by atoms with Gasteiger partial charge in [0.15, 0.2) is 0 Å². The summed E-state index contributed by atoms with van der Waals surface area (Å²) < 4.78 is 0. The van der Waals surface area contributed by atoms with Crippen LogP contribution in [0.3, 0.4) is 0 Å². The Bertz CT molecular complexity index is 964. The lowest BCUT2D eigenvalue weighted by Crippen LogP contribution is -2.34. The van der Waals surface area contributed by atoms with Gasteiger partial charge in [-0.05, 0) is 36.2 Å². The van der Waals surface area contributed by atoms with Gasteiger partial charge in [-0.25, -0.2) is 0 Å². The van der Waals surface area contributed by atoms with Gasteiger partial charge in [0.1, 0.15) is 0 Å². The first-order chi connectivity index (χ1) is 14.0. The van der Waals surface area contributed by atoms with E-state index in [4.69, 9.17) is 11.6 Å². The monoisotopic (exact) mass is 407 g/mol. The number of halogens is 1. The van der Waals surface area contributed by atoms with Crippen LogP contribution in [0.25, 0.3) is 0 Å². The van der Waals surface area contributed by atoms with Crippen LogP contribution in [0.15, 0.2) is 79.1 Å².